The normalized spacial score (nSPS) is 13.3. The Labute approximate surface area is 157 Å². The highest BCUT2D eigenvalue weighted by atomic mass is 15.2. The Bertz CT molecular complexity index is 987. The Morgan fingerprint density at radius 2 is 2.11 bits per heavy atom. The first-order chi connectivity index (χ1) is 13.3. The van der Waals surface area contributed by atoms with Crippen LogP contribution in [0.4, 0.5) is 17.3 Å². The summed E-state index contributed by atoms with van der Waals surface area (Å²) in [6.45, 7) is 2.73. The third-order valence-electron chi connectivity index (χ3n) is 4.18. The average Bonchev–Trinajstić information content (AvgIpc) is 3.12. The number of hydrogen-bond donors (Lipinski definition) is 3. The minimum Gasteiger partial charge on any atom is -0.380 e. The van der Waals surface area contributed by atoms with E-state index in [4.69, 9.17) is 0 Å². The second-order valence-electron chi connectivity index (χ2n) is 6.40. The molecule has 0 amide bonds. The van der Waals surface area contributed by atoms with E-state index in [1.807, 2.05) is 31.3 Å². The highest BCUT2D eigenvalue weighted by molar-refractivity contribution is 5.63. The van der Waals surface area contributed by atoms with E-state index < -0.39 is 0 Å². The van der Waals surface area contributed by atoms with E-state index in [0.717, 1.165) is 42.1 Å². The van der Waals surface area contributed by atoms with Crippen LogP contribution in [0.25, 0.3) is 11.4 Å². The van der Waals surface area contributed by atoms with Crippen molar-refractivity contribution in [3.63, 3.8) is 0 Å². The van der Waals surface area contributed by atoms with Gasteiger partial charge in [-0.25, -0.2) is 9.97 Å². The van der Waals surface area contributed by atoms with Crippen LogP contribution in [0.15, 0.2) is 60.6 Å². The Balaban J connectivity index is 1.48. The Morgan fingerprint density at radius 1 is 1.15 bits per heavy atom. The van der Waals surface area contributed by atoms with Crippen molar-refractivity contribution >= 4 is 17.3 Å². The van der Waals surface area contributed by atoms with Gasteiger partial charge in [0.25, 0.3) is 0 Å². The second-order valence-corrected chi connectivity index (χ2v) is 6.40. The fourth-order valence-electron chi connectivity index (χ4n) is 2.84. The lowest BCUT2D eigenvalue weighted by Gasteiger charge is -2.10. The van der Waals surface area contributed by atoms with Crippen LogP contribution in [-0.2, 0) is 0 Å². The highest BCUT2D eigenvalue weighted by Gasteiger charge is 2.07. The van der Waals surface area contributed by atoms with E-state index in [9.17, 15) is 0 Å². The number of pyridine rings is 1. The van der Waals surface area contributed by atoms with Gasteiger partial charge in [-0.1, -0.05) is 18.2 Å². The lowest BCUT2D eigenvalue weighted by atomic mass is 10.1. The maximum Gasteiger partial charge on any atom is 0.163 e. The van der Waals surface area contributed by atoms with Gasteiger partial charge in [0, 0.05) is 42.5 Å². The van der Waals surface area contributed by atoms with Crippen LogP contribution in [0, 0.1) is 6.92 Å². The van der Waals surface area contributed by atoms with Gasteiger partial charge in [0.05, 0.1) is 5.69 Å². The van der Waals surface area contributed by atoms with Gasteiger partial charge in [0.2, 0.25) is 0 Å². The minimum atomic E-state index is 0.611. The Morgan fingerprint density at radius 3 is 2.93 bits per heavy atom. The SMILES string of the molecule is Cc1cc(Nc2ccnc(-c3cncc(NCC4=CCCC=C4)c3)n2)n[nH]1. The number of rotatable bonds is 6. The van der Waals surface area contributed by atoms with Crippen LogP contribution in [0.1, 0.15) is 18.5 Å². The van der Waals surface area contributed by atoms with E-state index in [1.165, 1.54) is 5.57 Å². The van der Waals surface area contributed by atoms with Gasteiger partial charge in [-0.2, -0.15) is 5.10 Å². The molecule has 3 N–H and O–H groups in total. The molecule has 0 saturated heterocycles. The molecule has 3 aromatic heterocycles. The molecule has 0 atom stereocenters. The summed E-state index contributed by atoms with van der Waals surface area (Å²) in [5.74, 6) is 2.02. The highest BCUT2D eigenvalue weighted by Crippen LogP contribution is 2.21. The topological polar surface area (TPSA) is 91.4 Å². The minimum absolute atomic E-state index is 0.611. The molecule has 1 aliphatic rings. The van der Waals surface area contributed by atoms with Crippen molar-refractivity contribution in [1.29, 1.82) is 0 Å². The van der Waals surface area contributed by atoms with Crippen molar-refractivity contribution in [2.75, 3.05) is 17.2 Å². The number of hydrogen-bond acceptors (Lipinski definition) is 6. The molecule has 4 rings (SSSR count). The predicted octanol–water partition coefficient (Wildman–Crippen LogP) is 4.00. The third-order valence-corrected chi connectivity index (χ3v) is 4.18. The van der Waals surface area contributed by atoms with Crippen LogP contribution in [0.5, 0.6) is 0 Å². The molecule has 3 heterocycles. The summed E-state index contributed by atoms with van der Waals surface area (Å²) in [7, 11) is 0. The van der Waals surface area contributed by atoms with Gasteiger partial charge < -0.3 is 10.6 Å². The van der Waals surface area contributed by atoms with Crippen molar-refractivity contribution in [3.8, 4) is 11.4 Å². The Kier molecular flexibility index (Phi) is 4.91. The first kappa shape index (κ1) is 17.0. The van der Waals surface area contributed by atoms with Crippen LogP contribution in [0.3, 0.4) is 0 Å². The molecule has 0 spiro atoms. The van der Waals surface area contributed by atoms with Gasteiger partial charge in [-0.05, 0) is 37.5 Å². The van der Waals surface area contributed by atoms with Gasteiger partial charge in [-0.15, -0.1) is 0 Å². The fraction of sp³-hybridized carbons (Fsp3) is 0.200. The molecule has 0 aliphatic heterocycles. The molecule has 136 valence electrons. The van der Waals surface area contributed by atoms with Gasteiger partial charge in [-0.3, -0.25) is 10.1 Å². The molecule has 0 bridgehead atoms. The zero-order valence-corrected chi connectivity index (χ0v) is 15.1. The van der Waals surface area contributed by atoms with E-state index in [1.54, 1.807) is 12.4 Å². The molecule has 0 radical (unpaired) electrons. The molecule has 3 aromatic rings. The third kappa shape index (κ3) is 4.38. The molecule has 0 saturated carbocycles. The van der Waals surface area contributed by atoms with Crippen LogP contribution in [-0.4, -0.2) is 31.7 Å². The van der Waals surface area contributed by atoms with Crippen LogP contribution < -0.4 is 10.6 Å². The smallest absolute Gasteiger partial charge is 0.163 e. The molecule has 0 aromatic carbocycles. The molecule has 0 unspecified atom stereocenters. The van der Waals surface area contributed by atoms with Crippen molar-refractivity contribution < 1.29 is 0 Å². The van der Waals surface area contributed by atoms with Crippen molar-refractivity contribution in [3.05, 3.63) is 66.3 Å². The van der Waals surface area contributed by atoms with E-state index in [2.05, 4.69) is 54.0 Å². The van der Waals surface area contributed by atoms with Crippen molar-refractivity contribution in [1.82, 2.24) is 25.1 Å². The first-order valence-electron chi connectivity index (χ1n) is 8.93. The second kappa shape index (κ2) is 7.82. The maximum absolute atomic E-state index is 4.57. The summed E-state index contributed by atoms with van der Waals surface area (Å²) in [5, 5.41) is 13.7. The molecule has 1 aliphatic carbocycles. The number of nitrogens with one attached hydrogen (secondary N) is 3. The van der Waals surface area contributed by atoms with Gasteiger partial charge >= 0.3 is 0 Å². The molecular weight excluding hydrogens is 338 g/mol. The fourth-order valence-corrected chi connectivity index (χ4v) is 2.84. The zero-order valence-electron chi connectivity index (χ0n) is 15.1. The molecule has 27 heavy (non-hydrogen) atoms. The van der Waals surface area contributed by atoms with Crippen LogP contribution >= 0.6 is 0 Å². The maximum atomic E-state index is 4.57. The summed E-state index contributed by atoms with van der Waals surface area (Å²) in [4.78, 5) is 13.3. The Hall–Kier alpha value is -3.48. The molecule has 7 nitrogen and oxygen atoms in total. The predicted molar refractivity (Wildman–Crippen MR) is 107 cm³/mol. The largest absolute Gasteiger partial charge is 0.380 e. The number of allylic oxidation sites excluding steroid dienone is 2. The van der Waals surface area contributed by atoms with Crippen molar-refractivity contribution in [2.24, 2.45) is 0 Å². The monoisotopic (exact) mass is 359 g/mol. The van der Waals surface area contributed by atoms with Crippen LogP contribution in [0.2, 0.25) is 0 Å². The van der Waals surface area contributed by atoms with E-state index in [-0.39, 0.29) is 0 Å². The first-order valence-corrected chi connectivity index (χ1v) is 8.93. The molecular formula is C20H21N7. The van der Waals surface area contributed by atoms with Gasteiger partial charge in [0.1, 0.15) is 5.82 Å². The van der Waals surface area contributed by atoms with E-state index in [0.29, 0.717) is 11.6 Å². The number of aromatic nitrogens is 5. The zero-order chi connectivity index (χ0) is 18.5. The average molecular weight is 359 g/mol. The molecule has 7 heteroatoms. The van der Waals surface area contributed by atoms with E-state index >= 15 is 0 Å². The summed E-state index contributed by atoms with van der Waals surface area (Å²) < 4.78 is 0. The van der Waals surface area contributed by atoms with Crippen molar-refractivity contribution in [2.45, 2.75) is 19.8 Å². The number of aryl methyl sites for hydroxylation is 1. The number of anilines is 3. The lowest BCUT2D eigenvalue weighted by molar-refractivity contribution is 1.00. The number of aromatic amines is 1. The summed E-state index contributed by atoms with van der Waals surface area (Å²) in [5.41, 5.74) is 4.08. The molecule has 0 fully saturated rings. The lowest BCUT2D eigenvalue weighted by Crippen LogP contribution is -2.05. The standard InChI is InChI=1S/C20H21N7/c1-14-9-19(27-26-14)24-18-7-8-22-20(25-18)16-10-17(13-21-12-16)23-11-15-5-3-2-4-6-15/h3,5-10,12-13,23H,2,4,11H2,1H3,(H2,22,24,25,26,27). The quantitative estimate of drug-likeness (QED) is 0.616. The van der Waals surface area contributed by atoms with Gasteiger partial charge in [0.15, 0.2) is 11.6 Å². The summed E-state index contributed by atoms with van der Waals surface area (Å²) >= 11 is 0. The summed E-state index contributed by atoms with van der Waals surface area (Å²) in [6, 6.07) is 5.74. The summed E-state index contributed by atoms with van der Waals surface area (Å²) in [6.07, 6.45) is 14.2. The number of H-pyrrole nitrogens is 1. The number of nitrogens with zero attached hydrogens (tertiary/aromatic N) is 4.